The summed E-state index contributed by atoms with van der Waals surface area (Å²) in [5, 5.41) is 6.14. The zero-order chi connectivity index (χ0) is 11.5. The summed E-state index contributed by atoms with van der Waals surface area (Å²) < 4.78 is 49.1. The van der Waals surface area contributed by atoms with E-state index < -0.39 is 17.2 Å². The second-order valence-electron chi connectivity index (χ2n) is 2.63. The molecule has 0 amide bonds. The van der Waals surface area contributed by atoms with E-state index in [4.69, 9.17) is 5.26 Å². The van der Waals surface area contributed by atoms with Gasteiger partial charge in [0.15, 0.2) is 5.25 Å². The Bertz CT molecular complexity index is 382. The smallest absolute Gasteiger partial charge is 0.207 e. The third kappa shape index (κ3) is 3.44. The maximum atomic E-state index is 12.6. The second kappa shape index (κ2) is 4.53. The quantitative estimate of drug-likeness (QED) is 0.579. The van der Waals surface area contributed by atoms with Crippen LogP contribution < -0.4 is 0 Å². The molecule has 0 aliphatic rings. The lowest BCUT2D eigenvalue weighted by atomic mass is 10.3. The Kier molecular flexibility index (Phi) is 3.58. The van der Waals surface area contributed by atoms with Crippen molar-refractivity contribution in [3.63, 3.8) is 0 Å². The van der Waals surface area contributed by atoms with Crippen LogP contribution in [0.25, 0.3) is 0 Å². The van der Waals surface area contributed by atoms with Crippen molar-refractivity contribution in [2.45, 2.75) is 16.3 Å². The fourth-order valence-electron chi connectivity index (χ4n) is 0.843. The summed E-state index contributed by atoms with van der Waals surface area (Å²) in [6.07, 6.45) is -4.61. The lowest BCUT2D eigenvalue weighted by molar-refractivity contribution is -0.118. The summed E-state index contributed by atoms with van der Waals surface area (Å²) in [7, 11) is 0. The van der Waals surface area contributed by atoms with Gasteiger partial charge in [0.2, 0.25) is 0 Å². The number of thioether (sulfide) groups is 1. The minimum atomic E-state index is -4.61. The van der Waals surface area contributed by atoms with Crippen molar-refractivity contribution in [1.29, 1.82) is 5.26 Å². The first kappa shape index (κ1) is 11.9. The third-order valence-electron chi connectivity index (χ3n) is 1.46. The van der Waals surface area contributed by atoms with Crippen LogP contribution in [0, 0.1) is 17.1 Å². The summed E-state index contributed by atoms with van der Waals surface area (Å²) in [6.45, 7) is 0. The van der Waals surface area contributed by atoms with E-state index in [1.807, 2.05) is 0 Å². The molecular weight excluding hydrogens is 230 g/mol. The zero-order valence-electron chi connectivity index (χ0n) is 7.25. The standard InChI is InChI=1S/C9H5F4NS/c10-6-2-1-3-7(4-6)15-8(5-14)9(11,12)13/h1-4,8H. The number of halogens is 4. The van der Waals surface area contributed by atoms with Crippen LogP contribution in [0.15, 0.2) is 29.2 Å². The van der Waals surface area contributed by atoms with Gasteiger partial charge in [-0.15, -0.1) is 0 Å². The van der Waals surface area contributed by atoms with Crippen LogP contribution in [0.2, 0.25) is 0 Å². The highest BCUT2D eigenvalue weighted by atomic mass is 32.2. The molecule has 1 atom stereocenters. The second-order valence-corrected chi connectivity index (χ2v) is 3.80. The molecule has 0 aliphatic carbocycles. The van der Waals surface area contributed by atoms with E-state index in [0.29, 0.717) is 0 Å². The molecule has 0 saturated heterocycles. The number of alkyl halides is 3. The first-order chi connectivity index (χ1) is 6.93. The Labute approximate surface area is 87.7 Å². The van der Waals surface area contributed by atoms with Gasteiger partial charge < -0.3 is 0 Å². The summed E-state index contributed by atoms with van der Waals surface area (Å²) >= 11 is 0.284. The van der Waals surface area contributed by atoms with Crippen LogP contribution in [-0.4, -0.2) is 11.4 Å². The Morgan fingerprint density at radius 2 is 2.00 bits per heavy atom. The number of hydrogen-bond donors (Lipinski definition) is 0. The highest BCUT2D eigenvalue weighted by Crippen LogP contribution is 2.34. The highest BCUT2D eigenvalue weighted by molar-refractivity contribution is 8.00. The third-order valence-corrected chi connectivity index (χ3v) is 2.60. The molecule has 0 bridgehead atoms. The van der Waals surface area contributed by atoms with E-state index in [2.05, 4.69) is 0 Å². The number of hydrogen-bond acceptors (Lipinski definition) is 2. The van der Waals surface area contributed by atoms with Crippen molar-refractivity contribution in [2.75, 3.05) is 0 Å². The monoisotopic (exact) mass is 235 g/mol. The Morgan fingerprint density at radius 1 is 1.33 bits per heavy atom. The lowest BCUT2D eigenvalue weighted by Crippen LogP contribution is -2.23. The number of rotatable bonds is 2. The van der Waals surface area contributed by atoms with Crippen LogP contribution in [0.1, 0.15) is 0 Å². The van der Waals surface area contributed by atoms with Gasteiger partial charge in [-0.05, 0) is 18.2 Å². The molecule has 1 nitrogen and oxygen atoms in total. The van der Waals surface area contributed by atoms with Gasteiger partial charge in [-0.1, -0.05) is 17.8 Å². The Balaban J connectivity index is 2.82. The number of benzene rings is 1. The van der Waals surface area contributed by atoms with Gasteiger partial charge in [-0.25, -0.2) is 4.39 Å². The number of nitriles is 1. The van der Waals surface area contributed by atoms with Crippen LogP contribution in [0.5, 0.6) is 0 Å². The zero-order valence-corrected chi connectivity index (χ0v) is 8.07. The summed E-state index contributed by atoms with van der Waals surface area (Å²) in [5.41, 5.74) is 0. The van der Waals surface area contributed by atoms with E-state index in [-0.39, 0.29) is 16.7 Å². The average Bonchev–Trinajstić information content (AvgIpc) is 2.12. The minimum absolute atomic E-state index is 0.0823. The molecule has 0 spiro atoms. The molecule has 0 radical (unpaired) electrons. The summed E-state index contributed by atoms with van der Waals surface area (Å²) in [5.74, 6) is -0.626. The minimum Gasteiger partial charge on any atom is -0.207 e. The Hall–Kier alpha value is -1.22. The molecule has 0 aliphatic heterocycles. The van der Waals surface area contributed by atoms with Crippen LogP contribution in [0.3, 0.4) is 0 Å². The lowest BCUT2D eigenvalue weighted by Gasteiger charge is -2.12. The topological polar surface area (TPSA) is 23.8 Å². The van der Waals surface area contributed by atoms with Crippen molar-refractivity contribution >= 4 is 11.8 Å². The molecule has 1 aromatic carbocycles. The van der Waals surface area contributed by atoms with Crippen molar-refractivity contribution in [1.82, 2.24) is 0 Å². The summed E-state index contributed by atoms with van der Waals surface area (Å²) in [4.78, 5) is 0.0823. The van der Waals surface area contributed by atoms with Gasteiger partial charge >= 0.3 is 6.18 Å². The molecule has 1 aromatic rings. The first-order valence-electron chi connectivity index (χ1n) is 3.82. The van der Waals surface area contributed by atoms with E-state index in [1.54, 1.807) is 0 Å². The average molecular weight is 235 g/mol. The van der Waals surface area contributed by atoms with Gasteiger partial charge in [0.1, 0.15) is 5.82 Å². The molecular formula is C9H5F4NS. The fourth-order valence-corrected chi connectivity index (χ4v) is 1.64. The predicted molar refractivity (Wildman–Crippen MR) is 47.7 cm³/mol. The van der Waals surface area contributed by atoms with Crippen molar-refractivity contribution in [3.05, 3.63) is 30.1 Å². The molecule has 80 valence electrons. The predicted octanol–water partition coefficient (Wildman–Crippen LogP) is 3.37. The molecule has 0 fully saturated rings. The molecule has 0 heterocycles. The van der Waals surface area contributed by atoms with Crippen molar-refractivity contribution in [2.24, 2.45) is 0 Å². The normalized spacial score (nSPS) is 13.3. The van der Waals surface area contributed by atoms with Gasteiger partial charge in [-0.3, -0.25) is 0 Å². The highest BCUT2D eigenvalue weighted by Gasteiger charge is 2.40. The number of nitrogens with zero attached hydrogens (tertiary/aromatic N) is 1. The van der Waals surface area contributed by atoms with Gasteiger partial charge in [0.25, 0.3) is 0 Å². The molecule has 6 heteroatoms. The molecule has 1 unspecified atom stereocenters. The van der Waals surface area contributed by atoms with Crippen LogP contribution >= 0.6 is 11.8 Å². The Morgan fingerprint density at radius 3 is 2.47 bits per heavy atom. The maximum absolute atomic E-state index is 12.6. The van der Waals surface area contributed by atoms with Gasteiger partial charge in [0, 0.05) is 4.90 Å². The van der Waals surface area contributed by atoms with Gasteiger partial charge in [0.05, 0.1) is 6.07 Å². The molecule has 0 saturated carbocycles. The molecule has 15 heavy (non-hydrogen) atoms. The maximum Gasteiger partial charge on any atom is 0.413 e. The van der Waals surface area contributed by atoms with E-state index in [0.717, 1.165) is 18.2 Å². The van der Waals surface area contributed by atoms with E-state index >= 15 is 0 Å². The largest absolute Gasteiger partial charge is 0.413 e. The van der Waals surface area contributed by atoms with Crippen LogP contribution in [-0.2, 0) is 0 Å². The molecule has 0 N–H and O–H groups in total. The SMILES string of the molecule is N#CC(Sc1cccc(F)c1)C(F)(F)F. The molecule has 0 aromatic heterocycles. The van der Waals surface area contributed by atoms with Gasteiger partial charge in [-0.2, -0.15) is 18.4 Å². The summed E-state index contributed by atoms with van der Waals surface area (Å²) in [6, 6.07) is 5.83. The molecule has 1 rings (SSSR count). The fraction of sp³-hybridized carbons (Fsp3) is 0.222. The van der Waals surface area contributed by atoms with Crippen LogP contribution in [0.4, 0.5) is 17.6 Å². The van der Waals surface area contributed by atoms with Crippen molar-refractivity contribution in [3.8, 4) is 6.07 Å². The first-order valence-corrected chi connectivity index (χ1v) is 4.70. The van der Waals surface area contributed by atoms with Crippen molar-refractivity contribution < 1.29 is 17.6 Å². The van der Waals surface area contributed by atoms with E-state index in [1.165, 1.54) is 12.1 Å². The van der Waals surface area contributed by atoms with E-state index in [9.17, 15) is 17.6 Å².